The molecule has 1 heterocycles. The second-order valence-electron chi connectivity index (χ2n) is 7.31. The zero-order chi connectivity index (χ0) is 17.2. The molecule has 2 aromatic rings. The highest BCUT2D eigenvalue weighted by Gasteiger charge is 2.27. The number of aromatic nitrogens is 2. The van der Waals surface area contributed by atoms with Crippen molar-refractivity contribution in [3.8, 4) is 5.69 Å². The topological polar surface area (TPSA) is 72.9 Å². The molecule has 5 nitrogen and oxygen atoms in total. The minimum absolute atomic E-state index is 0.100. The van der Waals surface area contributed by atoms with E-state index in [2.05, 4.69) is 22.1 Å². The van der Waals surface area contributed by atoms with Gasteiger partial charge in [-0.2, -0.15) is 5.10 Å². The summed E-state index contributed by atoms with van der Waals surface area (Å²) >= 11 is 0. The summed E-state index contributed by atoms with van der Waals surface area (Å²) in [5, 5.41) is 7.87. The number of nitrogens with zero attached hydrogens (tertiary/aromatic N) is 2. The molecule has 1 saturated carbocycles. The summed E-state index contributed by atoms with van der Waals surface area (Å²) in [7, 11) is 0. The first kappa shape index (κ1) is 16.3. The van der Waals surface area contributed by atoms with Gasteiger partial charge in [-0.1, -0.05) is 24.6 Å². The molecule has 0 saturated heterocycles. The maximum atomic E-state index is 12.3. The molecule has 132 valence electrons. The number of benzene rings is 1. The van der Waals surface area contributed by atoms with Gasteiger partial charge >= 0.3 is 0 Å². The van der Waals surface area contributed by atoms with Gasteiger partial charge in [0.2, 0.25) is 5.91 Å². The first-order valence-electron chi connectivity index (χ1n) is 9.39. The molecular weight excluding hydrogens is 312 g/mol. The molecule has 0 spiro atoms. The third-order valence-corrected chi connectivity index (χ3v) is 5.63. The van der Waals surface area contributed by atoms with Crippen molar-refractivity contribution in [2.45, 2.75) is 57.5 Å². The fraction of sp³-hybridized carbons (Fsp3) is 0.500. The Morgan fingerprint density at radius 2 is 2.04 bits per heavy atom. The van der Waals surface area contributed by atoms with Gasteiger partial charge in [-0.05, 0) is 55.7 Å². The second-order valence-corrected chi connectivity index (χ2v) is 7.31. The Morgan fingerprint density at radius 3 is 2.80 bits per heavy atom. The van der Waals surface area contributed by atoms with Gasteiger partial charge in [0.1, 0.15) is 0 Å². The highest BCUT2D eigenvalue weighted by Crippen LogP contribution is 2.28. The third kappa shape index (κ3) is 3.33. The molecule has 1 fully saturated rings. The van der Waals surface area contributed by atoms with E-state index < -0.39 is 0 Å². The van der Waals surface area contributed by atoms with Crippen LogP contribution in [0.5, 0.6) is 0 Å². The van der Waals surface area contributed by atoms with Crippen molar-refractivity contribution in [2.75, 3.05) is 0 Å². The first-order chi connectivity index (χ1) is 12.2. The number of carbonyl (C=O) groups is 1. The Kier molecular flexibility index (Phi) is 4.57. The molecule has 1 aromatic heterocycles. The van der Waals surface area contributed by atoms with Gasteiger partial charge in [-0.25, -0.2) is 4.68 Å². The zero-order valence-electron chi connectivity index (χ0n) is 14.6. The van der Waals surface area contributed by atoms with E-state index in [1.165, 1.54) is 11.3 Å². The Hall–Kier alpha value is -2.14. The molecule has 5 heteroatoms. The van der Waals surface area contributed by atoms with Crippen LogP contribution in [0.15, 0.2) is 30.3 Å². The van der Waals surface area contributed by atoms with Crippen molar-refractivity contribution >= 4 is 5.91 Å². The number of fused-ring (bicyclic) bond motifs is 1. The Morgan fingerprint density at radius 1 is 1.20 bits per heavy atom. The number of nitrogens with one attached hydrogen (secondary N) is 1. The third-order valence-electron chi connectivity index (χ3n) is 5.63. The van der Waals surface area contributed by atoms with E-state index >= 15 is 0 Å². The van der Waals surface area contributed by atoms with E-state index in [0.29, 0.717) is 18.9 Å². The van der Waals surface area contributed by atoms with Crippen LogP contribution in [0.3, 0.4) is 0 Å². The standard InChI is InChI=1S/C20H26N4O/c21-17-10-4-6-14(17)12-20(25)22-13-18-16-9-5-11-19(16)24(23-18)15-7-2-1-3-8-15/h1-3,7-8,14,17H,4-6,9-13,21H2,(H,22,25)/t14-,17+/m0/s1. The minimum Gasteiger partial charge on any atom is -0.350 e. The van der Waals surface area contributed by atoms with Crippen LogP contribution in [0.25, 0.3) is 5.69 Å². The lowest BCUT2D eigenvalue weighted by molar-refractivity contribution is -0.122. The summed E-state index contributed by atoms with van der Waals surface area (Å²) in [4.78, 5) is 12.3. The monoisotopic (exact) mass is 338 g/mol. The fourth-order valence-electron chi connectivity index (χ4n) is 4.25. The highest BCUT2D eigenvalue weighted by molar-refractivity contribution is 5.76. The molecule has 2 atom stereocenters. The molecule has 2 aliphatic carbocycles. The lowest BCUT2D eigenvalue weighted by Crippen LogP contribution is -2.31. The predicted molar refractivity (Wildman–Crippen MR) is 97.4 cm³/mol. The van der Waals surface area contributed by atoms with Crippen molar-refractivity contribution in [1.82, 2.24) is 15.1 Å². The molecule has 4 rings (SSSR count). The maximum absolute atomic E-state index is 12.3. The number of nitrogens with two attached hydrogens (primary N) is 1. The smallest absolute Gasteiger partial charge is 0.220 e. The molecule has 1 amide bonds. The van der Waals surface area contributed by atoms with Crippen LogP contribution in [0, 0.1) is 5.92 Å². The number of rotatable bonds is 5. The summed E-state index contributed by atoms with van der Waals surface area (Å²) in [6, 6.07) is 10.4. The van der Waals surface area contributed by atoms with Crippen LogP contribution < -0.4 is 11.1 Å². The summed E-state index contributed by atoms with van der Waals surface area (Å²) in [6.45, 7) is 0.517. The number of carbonyl (C=O) groups excluding carboxylic acids is 1. The molecule has 1 aromatic carbocycles. The summed E-state index contributed by atoms with van der Waals surface area (Å²) in [5.41, 5.74) is 10.8. The molecule has 3 N–H and O–H groups in total. The Balaban J connectivity index is 1.45. The van der Waals surface area contributed by atoms with E-state index in [0.717, 1.165) is 49.9 Å². The van der Waals surface area contributed by atoms with Crippen molar-refractivity contribution in [3.63, 3.8) is 0 Å². The van der Waals surface area contributed by atoms with Gasteiger partial charge in [-0.3, -0.25) is 4.79 Å². The van der Waals surface area contributed by atoms with Crippen LogP contribution in [0.1, 0.15) is 49.1 Å². The average molecular weight is 338 g/mol. The van der Waals surface area contributed by atoms with Gasteiger partial charge in [-0.15, -0.1) is 0 Å². The predicted octanol–water partition coefficient (Wildman–Crippen LogP) is 2.49. The highest BCUT2D eigenvalue weighted by atomic mass is 16.1. The Labute approximate surface area is 148 Å². The molecule has 25 heavy (non-hydrogen) atoms. The number of hydrogen-bond acceptors (Lipinski definition) is 3. The van der Waals surface area contributed by atoms with Crippen LogP contribution in [-0.2, 0) is 24.2 Å². The van der Waals surface area contributed by atoms with Crippen molar-refractivity contribution in [3.05, 3.63) is 47.3 Å². The van der Waals surface area contributed by atoms with Crippen LogP contribution in [-0.4, -0.2) is 21.7 Å². The van der Waals surface area contributed by atoms with E-state index in [1.807, 2.05) is 18.2 Å². The number of para-hydroxylation sites is 1. The Bertz CT molecular complexity index is 753. The molecule has 0 radical (unpaired) electrons. The van der Waals surface area contributed by atoms with Crippen molar-refractivity contribution < 1.29 is 4.79 Å². The van der Waals surface area contributed by atoms with Gasteiger partial charge in [0.25, 0.3) is 0 Å². The first-order valence-corrected chi connectivity index (χ1v) is 9.39. The van der Waals surface area contributed by atoms with Gasteiger partial charge in [0.05, 0.1) is 17.9 Å². The summed E-state index contributed by atoms with van der Waals surface area (Å²) in [5.74, 6) is 0.441. The molecular formula is C20H26N4O. The molecule has 0 aliphatic heterocycles. The fourth-order valence-corrected chi connectivity index (χ4v) is 4.25. The van der Waals surface area contributed by atoms with Gasteiger partial charge in [0.15, 0.2) is 0 Å². The van der Waals surface area contributed by atoms with Gasteiger partial charge in [0, 0.05) is 18.2 Å². The maximum Gasteiger partial charge on any atom is 0.220 e. The SMILES string of the molecule is N[C@@H]1CCC[C@H]1CC(=O)NCc1nn(-c2ccccc2)c2c1CCC2. The number of hydrogen-bond donors (Lipinski definition) is 2. The largest absolute Gasteiger partial charge is 0.350 e. The minimum atomic E-state index is 0.100. The van der Waals surface area contributed by atoms with Crippen LogP contribution in [0.2, 0.25) is 0 Å². The second kappa shape index (κ2) is 7.00. The van der Waals surface area contributed by atoms with E-state index in [4.69, 9.17) is 10.8 Å². The molecule has 2 aliphatic rings. The van der Waals surface area contributed by atoms with Crippen molar-refractivity contribution in [2.24, 2.45) is 11.7 Å². The van der Waals surface area contributed by atoms with E-state index in [-0.39, 0.29) is 11.9 Å². The lowest BCUT2D eigenvalue weighted by atomic mass is 10.00. The number of amides is 1. The van der Waals surface area contributed by atoms with Crippen LogP contribution >= 0.6 is 0 Å². The lowest BCUT2D eigenvalue weighted by Gasteiger charge is -2.14. The quantitative estimate of drug-likeness (QED) is 0.880. The van der Waals surface area contributed by atoms with E-state index in [9.17, 15) is 4.79 Å². The zero-order valence-corrected chi connectivity index (χ0v) is 14.6. The molecule has 0 bridgehead atoms. The van der Waals surface area contributed by atoms with E-state index in [1.54, 1.807) is 0 Å². The van der Waals surface area contributed by atoms with Crippen LogP contribution in [0.4, 0.5) is 0 Å². The summed E-state index contributed by atoms with van der Waals surface area (Å²) < 4.78 is 2.05. The molecule has 0 unspecified atom stereocenters. The normalized spacial score (nSPS) is 22.1. The average Bonchev–Trinajstić information content (AvgIpc) is 3.32. The van der Waals surface area contributed by atoms with Crippen molar-refractivity contribution in [1.29, 1.82) is 0 Å². The summed E-state index contributed by atoms with van der Waals surface area (Å²) in [6.07, 6.45) is 7.09. The van der Waals surface area contributed by atoms with Gasteiger partial charge < -0.3 is 11.1 Å².